The molecule has 0 unspecified atom stereocenters. The first-order valence-electron chi connectivity index (χ1n) is 11.6. The van der Waals surface area contributed by atoms with E-state index in [0.29, 0.717) is 23.1 Å². The number of rotatable bonds is 5. The van der Waals surface area contributed by atoms with E-state index in [4.69, 9.17) is 11.6 Å². The molecule has 0 spiro atoms. The zero-order valence-corrected chi connectivity index (χ0v) is 19.9. The number of carbonyl (C=O) groups is 2. The van der Waals surface area contributed by atoms with Crippen molar-refractivity contribution in [1.82, 2.24) is 19.9 Å². The van der Waals surface area contributed by atoms with E-state index in [1.165, 1.54) is 0 Å². The lowest BCUT2D eigenvalue weighted by atomic mass is 9.87. The number of likely N-dealkylation sites (tertiary alicyclic amines) is 1. The lowest BCUT2D eigenvalue weighted by molar-refractivity contribution is -0.127. The Morgan fingerprint density at radius 3 is 2.50 bits per heavy atom. The molecule has 4 rings (SSSR count). The van der Waals surface area contributed by atoms with E-state index in [1.54, 1.807) is 23.4 Å². The highest BCUT2D eigenvalue weighted by Gasteiger charge is 2.26. The maximum absolute atomic E-state index is 12.8. The van der Waals surface area contributed by atoms with Gasteiger partial charge < -0.3 is 9.88 Å². The summed E-state index contributed by atoms with van der Waals surface area (Å²) in [5, 5.41) is 0. The Kier molecular flexibility index (Phi) is 6.60. The maximum atomic E-state index is 12.8. The first kappa shape index (κ1) is 23.4. The van der Waals surface area contributed by atoms with Crippen molar-refractivity contribution >= 4 is 28.9 Å². The second kappa shape index (κ2) is 9.60. The van der Waals surface area contributed by atoms with Crippen LogP contribution in [0.2, 0.25) is 0 Å². The molecule has 1 saturated heterocycles. The Morgan fingerprint density at radius 1 is 1.15 bits per heavy atom. The number of benzene rings is 1. The van der Waals surface area contributed by atoms with Gasteiger partial charge in [-0.3, -0.25) is 9.59 Å². The first-order chi connectivity index (χ1) is 16.3. The number of hydrogen-bond donors (Lipinski definition) is 1. The molecular formula is C27H29N5O2. The van der Waals surface area contributed by atoms with Crippen molar-refractivity contribution in [3.05, 3.63) is 76.2 Å². The Bertz CT molecular complexity index is 1280. The van der Waals surface area contributed by atoms with Crippen LogP contribution >= 0.6 is 0 Å². The third kappa shape index (κ3) is 5.07. The molecular weight excluding hydrogens is 426 g/mol. The van der Waals surface area contributed by atoms with Gasteiger partial charge in [-0.2, -0.15) is 0 Å². The number of nitrogens with one attached hydrogen (secondary N) is 1. The van der Waals surface area contributed by atoms with Crippen molar-refractivity contribution < 1.29 is 9.59 Å². The van der Waals surface area contributed by atoms with Gasteiger partial charge in [0.25, 0.3) is 11.6 Å². The molecule has 1 fully saturated rings. The summed E-state index contributed by atoms with van der Waals surface area (Å²) >= 11 is 0. The number of aromatic amines is 1. The van der Waals surface area contributed by atoms with Crippen molar-refractivity contribution in [3.63, 3.8) is 0 Å². The van der Waals surface area contributed by atoms with E-state index < -0.39 is 5.41 Å². The molecule has 1 aliphatic heterocycles. The highest BCUT2D eigenvalue weighted by molar-refractivity contribution is 6.08. The van der Waals surface area contributed by atoms with Crippen LogP contribution in [-0.2, 0) is 11.2 Å². The summed E-state index contributed by atoms with van der Waals surface area (Å²) in [6.45, 7) is 14.6. The van der Waals surface area contributed by atoms with E-state index in [1.807, 2.05) is 45.0 Å². The molecule has 174 valence electrons. The standard InChI is InChI=1S/C27H29N5O2/c1-27(2,3)24(33)21-17-30-25-23(21)31-20(16-29-25)14-18-8-10-19(11-9-18)15-22(28-4)26(34)32-12-6-5-7-13-32/h8-11,15-17H,5-7,12-14H2,1-3H3,(H,29,30). The van der Waals surface area contributed by atoms with Gasteiger partial charge in [-0.1, -0.05) is 45.0 Å². The summed E-state index contributed by atoms with van der Waals surface area (Å²) in [5.41, 5.74) is 3.99. The molecule has 0 aliphatic carbocycles. The minimum absolute atomic E-state index is 0.0241. The van der Waals surface area contributed by atoms with Gasteiger partial charge in [0.05, 0.1) is 24.0 Å². The Labute approximate surface area is 199 Å². The van der Waals surface area contributed by atoms with Crippen molar-refractivity contribution in [2.24, 2.45) is 5.41 Å². The third-order valence-electron chi connectivity index (χ3n) is 6.01. The van der Waals surface area contributed by atoms with Crippen LogP contribution in [0.3, 0.4) is 0 Å². The van der Waals surface area contributed by atoms with Crippen molar-refractivity contribution in [3.8, 4) is 0 Å². The van der Waals surface area contributed by atoms with Crippen LogP contribution in [0, 0.1) is 12.0 Å². The lowest BCUT2D eigenvalue weighted by Crippen LogP contribution is -2.35. The minimum atomic E-state index is -0.504. The fourth-order valence-corrected chi connectivity index (χ4v) is 4.09. The van der Waals surface area contributed by atoms with Gasteiger partial charge in [-0.25, -0.2) is 14.8 Å². The summed E-state index contributed by atoms with van der Waals surface area (Å²) < 4.78 is 0. The quantitative estimate of drug-likeness (QED) is 0.332. The van der Waals surface area contributed by atoms with E-state index >= 15 is 0 Å². The molecule has 1 aromatic carbocycles. The van der Waals surface area contributed by atoms with Crippen molar-refractivity contribution in [2.75, 3.05) is 13.1 Å². The summed E-state index contributed by atoms with van der Waals surface area (Å²) in [5.74, 6) is -0.162. The van der Waals surface area contributed by atoms with Crippen LogP contribution in [0.1, 0.15) is 67.2 Å². The number of amides is 1. The van der Waals surface area contributed by atoms with Gasteiger partial charge in [0.15, 0.2) is 11.4 Å². The fourth-order valence-electron chi connectivity index (χ4n) is 4.09. The van der Waals surface area contributed by atoms with Crippen LogP contribution in [0.15, 0.2) is 42.4 Å². The minimum Gasteiger partial charge on any atom is -0.348 e. The van der Waals surface area contributed by atoms with E-state index in [2.05, 4.69) is 14.8 Å². The Hall–Kier alpha value is -3.79. The predicted molar refractivity (Wildman–Crippen MR) is 132 cm³/mol. The number of carbonyl (C=O) groups excluding carboxylic acids is 2. The average Bonchev–Trinajstić information content (AvgIpc) is 3.25. The van der Waals surface area contributed by atoms with Gasteiger partial charge in [-0.15, -0.1) is 0 Å². The smallest absolute Gasteiger partial charge is 0.252 e. The van der Waals surface area contributed by atoms with Crippen molar-refractivity contribution in [2.45, 2.75) is 46.5 Å². The summed E-state index contributed by atoms with van der Waals surface area (Å²) in [6.07, 6.45) is 8.74. The number of piperidine rings is 1. The number of fused-ring (bicyclic) bond motifs is 1. The monoisotopic (exact) mass is 455 g/mol. The van der Waals surface area contributed by atoms with Crippen molar-refractivity contribution in [1.29, 1.82) is 0 Å². The largest absolute Gasteiger partial charge is 0.348 e. The molecule has 0 radical (unpaired) electrons. The molecule has 3 aromatic rings. The molecule has 7 heteroatoms. The van der Waals surface area contributed by atoms with Gasteiger partial charge >= 0.3 is 0 Å². The van der Waals surface area contributed by atoms with E-state index in [0.717, 1.165) is 49.2 Å². The van der Waals surface area contributed by atoms with Gasteiger partial charge in [0.2, 0.25) is 0 Å². The summed E-state index contributed by atoms with van der Waals surface area (Å²) in [7, 11) is 0. The molecule has 0 bridgehead atoms. The molecule has 7 nitrogen and oxygen atoms in total. The van der Waals surface area contributed by atoms with Gasteiger partial charge in [-0.05, 0) is 36.5 Å². The molecule has 1 N–H and O–H groups in total. The molecule has 0 atom stereocenters. The average molecular weight is 456 g/mol. The van der Waals surface area contributed by atoms with Crippen LogP contribution in [0.4, 0.5) is 0 Å². The molecule has 1 amide bonds. The molecule has 2 aromatic heterocycles. The molecule has 34 heavy (non-hydrogen) atoms. The number of Topliss-reactive ketones (excluding diaryl/α,β-unsaturated/α-hetero) is 1. The molecule has 1 aliphatic rings. The van der Waals surface area contributed by atoms with Crippen LogP contribution in [0.25, 0.3) is 22.1 Å². The number of nitrogens with zero attached hydrogens (tertiary/aromatic N) is 4. The highest BCUT2D eigenvalue weighted by atomic mass is 16.2. The topological polar surface area (TPSA) is 83.3 Å². The zero-order valence-electron chi connectivity index (χ0n) is 19.9. The maximum Gasteiger partial charge on any atom is 0.252 e. The van der Waals surface area contributed by atoms with E-state index in [9.17, 15) is 9.59 Å². The highest BCUT2D eigenvalue weighted by Crippen LogP contribution is 2.25. The fraction of sp³-hybridized carbons (Fsp3) is 0.370. The summed E-state index contributed by atoms with van der Waals surface area (Å²) in [4.78, 5) is 42.9. The van der Waals surface area contributed by atoms with Gasteiger partial charge in [0, 0.05) is 31.1 Å². The lowest BCUT2D eigenvalue weighted by Gasteiger charge is -2.26. The zero-order chi connectivity index (χ0) is 24.3. The number of ketones is 1. The third-order valence-corrected chi connectivity index (χ3v) is 6.01. The van der Waals surface area contributed by atoms with Gasteiger partial charge in [0.1, 0.15) is 5.52 Å². The van der Waals surface area contributed by atoms with Crippen LogP contribution in [0.5, 0.6) is 0 Å². The first-order valence-corrected chi connectivity index (χ1v) is 11.6. The molecule has 0 saturated carbocycles. The summed E-state index contributed by atoms with van der Waals surface area (Å²) in [6, 6.07) is 7.73. The van der Waals surface area contributed by atoms with Crippen LogP contribution in [-0.4, -0.2) is 44.6 Å². The Morgan fingerprint density at radius 2 is 1.85 bits per heavy atom. The second-order valence-electron chi connectivity index (χ2n) is 9.75. The number of H-pyrrole nitrogens is 1. The number of hydrogen-bond acceptors (Lipinski definition) is 4. The molecule has 3 heterocycles. The number of aromatic nitrogens is 3. The Balaban J connectivity index is 1.51. The second-order valence-corrected chi connectivity index (χ2v) is 9.75. The predicted octanol–water partition coefficient (Wildman–Crippen LogP) is 5.05. The van der Waals surface area contributed by atoms with Crippen LogP contribution < -0.4 is 0 Å². The normalized spacial score (nSPS) is 14.8. The van der Waals surface area contributed by atoms with E-state index in [-0.39, 0.29) is 17.4 Å². The SMILES string of the molecule is [C-]#[N+]C(=Cc1ccc(Cc2cnc3[nH]cc(C(=O)C(C)(C)C)c3n2)cc1)C(=O)N1CCCCC1.